The van der Waals surface area contributed by atoms with E-state index in [1.165, 1.54) is 12.1 Å². The number of hydrogen-bond donors (Lipinski definition) is 1. The van der Waals surface area contributed by atoms with E-state index in [1.54, 1.807) is 18.3 Å². The molecule has 1 saturated heterocycles. The van der Waals surface area contributed by atoms with E-state index >= 15 is 0 Å². The Morgan fingerprint density at radius 2 is 1.97 bits per heavy atom. The third-order valence-corrected chi connectivity index (χ3v) is 6.40. The predicted octanol–water partition coefficient (Wildman–Crippen LogP) is 1.89. The number of pyridine rings is 1. The molecule has 2 aliphatic heterocycles. The lowest BCUT2D eigenvalue weighted by Crippen LogP contribution is -2.63. The Hall–Kier alpha value is -3.00. The smallest absolute Gasteiger partial charge is 0.339 e. The molecular formula is C23H25FN4O3. The first-order chi connectivity index (χ1) is 15.0. The minimum Gasteiger partial charge on any atom is -0.462 e. The average molecular weight is 424 g/mol. The second-order valence-electron chi connectivity index (χ2n) is 8.66. The Labute approximate surface area is 180 Å². The van der Waals surface area contributed by atoms with E-state index in [9.17, 15) is 14.0 Å². The summed E-state index contributed by atoms with van der Waals surface area (Å²) in [5.41, 5.74) is 8.12. The number of nitrogens with two attached hydrogens (primary N) is 1. The summed E-state index contributed by atoms with van der Waals surface area (Å²) in [5, 5.41) is 0. The Morgan fingerprint density at radius 3 is 2.68 bits per heavy atom. The summed E-state index contributed by atoms with van der Waals surface area (Å²) in [4.78, 5) is 33.5. The van der Waals surface area contributed by atoms with Crippen molar-refractivity contribution in [2.75, 3.05) is 24.6 Å². The maximum absolute atomic E-state index is 13.2. The molecule has 1 aliphatic carbocycles. The lowest BCUT2D eigenvalue weighted by atomic mass is 9.98. The third kappa shape index (κ3) is 3.99. The van der Waals surface area contributed by atoms with E-state index in [1.807, 2.05) is 11.0 Å². The number of halogens is 1. The summed E-state index contributed by atoms with van der Waals surface area (Å²) in [6, 6.07) is 7.48. The molecule has 1 saturated carbocycles. The van der Waals surface area contributed by atoms with Crippen LogP contribution >= 0.6 is 0 Å². The van der Waals surface area contributed by atoms with Crippen LogP contribution in [0.25, 0.3) is 0 Å². The zero-order valence-corrected chi connectivity index (χ0v) is 17.2. The lowest BCUT2D eigenvalue weighted by molar-refractivity contribution is -0.124. The fraction of sp³-hybridized carbons (Fsp3) is 0.435. The Morgan fingerprint density at radius 1 is 1.19 bits per heavy atom. The summed E-state index contributed by atoms with van der Waals surface area (Å²) < 4.78 is 18.6. The van der Waals surface area contributed by atoms with Crippen LogP contribution in [0.15, 0.2) is 36.5 Å². The quantitative estimate of drug-likeness (QED) is 0.713. The monoisotopic (exact) mass is 424 g/mol. The molecule has 8 heteroatoms. The molecule has 5 rings (SSSR count). The highest BCUT2D eigenvalue weighted by Crippen LogP contribution is 2.36. The molecule has 2 atom stereocenters. The maximum atomic E-state index is 13.2. The molecule has 0 spiro atoms. The lowest BCUT2D eigenvalue weighted by Gasteiger charge is -2.43. The molecule has 7 nitrogen and oxygen atoms in total. The average Bonchev–Trinajstić information content (AvgIpc) is 3.51. The van der Waals surface area contributed by atoms with Crippen molar-refractivity contribution >= 4 is 17.7 Å². The normalized spacial score (nSPS) is 22.7. The predicted molar refractivity (Wildman–Crippen MR) is 112 cm³/mol. The minimum absolute atomic E-state index is 0.146. The van der Waals surface area contributed by atoms with Gasteiger partial charge in [0.1, 0.15) is 17.7 Å². The maximum Gasteiger partial charge on any atom is 0.339 e. The van der Waals surface area contributed by atoms with Gasteiger partial charge in [0, 0.05) is 25.8 Å². The van der Waals surface area contributed by atoms with E-state index in [2.05, 4.69) is 9.88 Å². The number of amides is 1. The van der Waals surface area contributed by atoms with Gasteiger partial charge in [0.05, 0.1) is 18.2 Å². The van der Waals surface area contributed by atoms with Gasteiger partial charge in [-0.25, -0.2) is 14.2 Å². The van der Waals surface area contributed by atoms with E-state index in [0.29, 0.717) is 44.1 Å². The standard InChI is InChI=1S/C23H25FN4O3/c24-18-5-3-14(4-6-18)12-27-7-8-28-19(20(27)21(25)29)10-16-9-17(11-26-22(16)28)23(30)31-13-15-1-2-15/h3-6,9,11,15,19-20H,1-2,7-8,10,12-13H2,(H2,25,29). The van der Waals surface area contributed by atoms with Gasteiger partial charge >= 0.3 is 5.97 Å². The molecular weight excluding hydrogens is 399 g/mol. The fourth-order valence-corrected chi connectivity index (χ4v) is 4.62. The molecule has 1 aromatic heterocycles. The summed E-state index contributed by atoms with van der Waals surface area (Å²) in [6.45, 7) is 2.31. The second-order valence-corrected chi connectivity index (χ2v) is 8.66. The number of primary amides is 1. The van der Waals surface area contributed by atoms with Crippen LogP contribution in [-0.4, -0.2) is 53.5 Å². The van der Waals surface area contributed by atoms with Crippen molar-refractivity contribution in [1.29, 1.82) is 0 Å². The SMILES string of the molecule is NC(=O)C1C2Cc3cc(C(=O)OCC4CC4)cnc3N2CCN1Cc1ccc(F)cc1. The van der Waals surface area contributed by atoms with Crippen molar-refractivity contribution < 1.29 is 18.7 Å². The van der Waals surface area contributed by atoms with Crippen LogP contribution in [0, 0.1) is 11.7 Å². The summed E-state index contributed by atoms with van der Waals surface area (Å²) >= 11 is 0. The molecule has 2 unspecified atom stereocenters. The summed E-state index contributed by atoms with van der Waals surface area (Å²) in [5.74, 6) is 0.272. The number of aromatic nitrogens is 1. The molecule has 3 aliphatic rings. The number of piperazine rings is 1. The molecule has 0 radical (unpaired) electrons. The van der Waals surface area contributed by atoms with Gasteiger partial charge in [-0.2, -0.15) is 0 Å². The Bertz CT molecular complexity index is 1010. The second kappa shape index (κ2) is 7.92. The molecule has 31 heavy (non-hydrogen) atoms. The molecule has 3 heterocycles. The van der Waals surface area contributed by atoms with E-state index in [-0.39, 0.29) is 17.8 Å². The van der Waals surface area contributed by atoms with Gasteiger partial charge in [0.2, 0.25) is 5.91 Å². The van der Waals surface area contributed by atoms with Crippen LogP contribution < -0.4 is 10.6 Å². The molecule has 162 valence electrons. The zero-order chi connectivity index (χ0) is 21.5. The summed E-state index contributed by atoms with van der Waals surface area (Å²) in [7, 11) is 0. The van der Waals surface area contributed by atoms with Crippen molar-refractivity contribution in [3.05, 3.63) is 59.0 Å². The number of carbonyl (C=O) groups excluding carboxylic acids is 2. The van der Waals surface area contributed by atoms with Crippen LogP contribution in [0.2, 0.25) is 0 Å². The highest BCUT2D eigenvalue weighted by molar-refractivity contribution is 5.90. The Kier molecular flexibility index (Phi) is 5.09. The van der Waals surface area contributed by atoms with Crippen LogP contribution in [0.4, 0.5) is 10.2 Å². The molecule has 2 N–H and O–H groups in total. The first-order valence-corrected chi connectivity index (χ1v) is 10.7. The largest absolute Gasteiger partial charge is 0.462 e. The number of fused-ring (bicyclic) bond motifs is 3. The number of esters is 1. The van der Waals surface area contributed by atoms with Gasteiger partial charge in [0.25, 0.3) is 0 Å². The number of ether oxygens (including phenoxy) is 1. The van der Waals surface area contributed by atoms with Gasteiger partial charge in [-0.3, -0.25) is 9.69 Å². The van der Waals surface area contributed by atoms with E-state index in [4.69, 9.17) is 10.5 Å². The van der Waals surface area contributed by atoms with Gasteiger partial charge in [-0.1, -0.05) is 12.1 Å². The van der Waals surface area contributed by atoms with Crippen LogP contribution in [-0.2, 0) is 22.5 Å². The third-order valence-electron chi connectivity index (χ3n) is 6.40. The van der Waals surface area contributed by atoms with Gasteiger partial charge in [0.15, 0.2) is 0 Å². The van der Waals surface area contributed by atoms with Gasteiger partial charge in [-0.05, 0) is 54.5 Å². The minimum atomic E-state index is -0.502. The van der Waals surface area contributed by atoms with Crippen molar-refractivity contribution in [2.45, 2.75) is 37.9 Å². The van der Waals surface area contributed by atoms with E-state index < -0.39 is 11.9 Å². The first kappa shape index (κ1) is 19.9. The summed E-state index contributed by atoms with van der Waals surface area (Å²) in [6.07, 6.45) is 4.38. The van der Waals surface area contributed by atoms with Crippen LogP contribution in [0.1, 0.15) is 34.3 Å². The molecule has 2 aromatic rings. The van der Waals surface area contributed by atoms with Gasteiger partial charge < -0.3 is 15.4 Å². The van der Waals surface area contributed by atoms with Gasteiger partial charge in [-0.15, -0.1) is 0 Å². The topological polar surface area (TPSA) is 88.8 Å². The Balaban J connectivity index is 1.34. The van der Waals surface area contributed by atoms with Crippen molar-refractivity contribution in [3.8, 4) is 0 Å². The van der Waals surface area contributed by atoms with Crippen LogP contribution in [0.5, 0.6) is 0 Å². The number of rotatable bonds is 6. The van der Waals surface area contributed by atoms with Crippen molar-refractivity contribution in [3.63, 3.8) is 0 Å². The van der Waals surface area contributed by atoms with Crippen LogP contribution in [0.3, 0.4) is 0 Å². The molecule has 1 amide bonds. The number of anilines is 1. The fourth-order valence-electron chi connectivity index (χ4n) is 4.62. The number of carbonyl (C=O) groups is 2. The van der Waals surface area contributed by atoms with Crippen molar-refractivity contribution in [2.24, 2.45) is 11.7 Å². The first-order valence-electron chi connectivity index (χ1n) is 10.7. The van der Waals surface area contributed by atoms with E-state index in [0.717, 1.165) is 29.8 Å². The molecule has 2 fully saturated rings. The highest BCUT2D eigenvalue weighted by Gasteiger charge is 2.45. The zero-order valence-electron chi connectivity index (χ0n) is 17.2. The molecule has 1 aromatic carbocycles. The van der Waals surface area contributed by atoms with Crippen molar-refractivity contribution in [1.82, 2.24) is 9.88 Å². The number of benzene rings is 1. The number of nitrogens with zero attached hydrogens (tertiary/aromatic N) is 3. The molecule has 0 bridgehead atoms. The highest BCUT2D eigenvalue weighted by atomic mass is 19.1. The number of hydrogen-bond acceptors (Lipinski definition) is 6.